The highest BCUT2D eigenvalue weighted by molar-refractivity contribution is 7.11. The van der Waals surface area contributed by atoms with E-state index in [9.17, 15) is 0 Å². The Morgan fingerprint density at radius 3 is 2.50 bits per heavy atom. The normalized spacial score (nSPS) is 9.75. The molecule has 0 unspecified atom stereocenters. The summed E-state index contributed by atoms with van der Waals surface area (Å²) in [5, 5.41) is 10.7. The Morgan fingerprint density at radius 2 is 2.00 bits per heavy atom. The van der Waals surface area contributed by atoms with E-state index in [0.717, 1.165) is 16.9 Å². The van der Waals surface area contributed by atoms with Crippen molar-refractivity contribution in [2.75, 3.05) is 12.8 Å². The first-order valence-electron chi connectivity index (χ1n) is 4.67. The van der Waals surface area contributed by atoms with E-state index in [2.05, 4.69) is 6.07 Å². The number of thiophene rings is 1. The van der Waals surface area contributed by atoms with Gasteiger partial charge < -0.3 is 10.5 Å². The van der Waals surface area contributed by atoms with Crippen molar-refractivity contribution in [1.29, 1.82) is 5.26 Å². The van der Waals surface area contributed by atoms with E-state index >= 15 is 0 Å². The third-order valence-electron chi connectivity index (χ3n) is 2.33. The summed E-state index contributed by atoms with van der Waals surface area (Å²) in [5.74, 6) is 0.804. The molecule has 1 aromatic heterocycles. The fraction of sp³-hybridized carbons (Fsp3) is 0.0833. The van der Waals surface area contributed by atoms with Gasteiger partial charge in [0, 0.05) is 10.9 Å². The van der Waals surface area contributed by atoms with Crippen LogP contribution in [0.15, 0.2) is 29.6 Å². The first-order chi connectivity index (χ1) is 7.76. The molecule has 0 aliphatic carbocycles. The molecule has 0 spiro atoms. The van der Waals surface area contributed by atoms with Crippen molar-refractivity contribution < 1.29 is 4.74 Å². The Morgan fingerprint density at radius 1 is 1.31 bits per heavy atom. The molecule has 0 saturated carbocycles. The lowest BCUT2D eigenvalue weighted by atomic mass is 10.1. The fourth-order valence-electron chi connectivity index (χ4n) is 1.45. The number of methoxy groups -OCH3 is 1. The summed E-state index contributed by atoms with van der Waals surface area (Å²) in [6.07, 6.45) is 0. The first kappa shape index (κ1) is 10.5. The molecule has 0 amide bonds. The van der Waals surface area contributed by atoms with E-state index in [-0.39, 0.29) is 0 Å². The summed E-state index contributed by atoms with van der Waals surface area (Å²) >= 11 is 1.36. The molecule has 3 nitrogen and oxygen atoms in total. The van der Waals surface area contributed by atoms with Crippen LogP contribution in [-0.4, -0.2) is 7.11 Å². The monoisotopic (exact) mass is 230 g/mol. The highest BCUT2D eigenvalue weighted by atomic mass is 32.1. The number of benzene rings is 1. The van der Waals surface area contributed by atoms with Crippen LogP contribution in [0.25, 0.3) is 11.1 Å². The van der Waals surface area contributed by atoms with Gasteiger partial charge in [0.2, 0.25) is 0 Å². The van der Waals surface area contributed by atoms with Gasteiger partial charge in [-0.3, -0.25) is 0 Å². The second-order valence-electron chi connectivity index (χ2n) is 3.23. The summed E-state index contributed by atoms with van der Waals surface area (Å²) in [6.45, 7) is 0. The molecule has 80 valence electrons. The van der Waals surface area contributed by atoms with Crippen molar-refractivity contribution in [2.24, 2.45) is 0 Å². The average molecular weight is 230 g/mol. The molecule has 16 heavy (non-hydrogen) atoms. The topological polar surface area (TPSA) is 59.0 Å². The second kappa shape index (κ2) is 4.25. The minimum atomic E-state index is 0.553. The van der Waals surface area contributed by atoms with Crippen molar-refractivity contribution >= 4 is 17.0 Å². The number of nitriles is 1. The van der Waals surface area contributed by atoms with E-state index < -0.39 is 0 Å². The molecule has 2 rings (SSSR count). The number of nitrogens with zero attached hydrogens (tertiary/aromatic N) is 1. The Kier molecular flexibility index (Phi) is 2.80. The van der Waals surface area contributed by atoms with Crippen LogP contribution in [0.1, 0.15) is 4.88 Å². The number of nitrogens with two attached hydrogens (primary N) is 1. The van der Waals surface area contributed by atoms with Crippen molar-refractivity contribution in [3.05, 3.63) is 34.5 Å². The van der Waals surface area contributed by atoms with E-state index in [4.69, 9.17) is 15.7 Å². The molecule has 0 bridgehead atoms. The molecule has 0 aliphatic rings. The quantitative estimate of drug-likeness (QED) is 0.863. The lowest BCUT2D eigenvalue weighted by molar-refractivity contribution is 0.415. The molecule has 4 heteroatoms. The smallest absolute Gasteiger partial charge is 0.128 e. The van der Waals surface area contributed by atoms with Crippen LogP contribution < -0.4 is 10.5 Å². The van der Waals surface area contributed by atoms with Crippen LogP contribution >= 0.6 is 11.3 Å². The molecule has 0 fully saturated rings. The first-order valence-corrected chi connectivity index (χ1v) is 5.55. The highest BCUT2D eigenvalue weighted by Crippen LogP contribution is 2.34. The molecular formula is C12H10N2OS. The van der Waals surface area contributed by atoms with Gasteiger partial charge >= 0.3 is 0 Å². The van der Waals surface area contributed by atoms with Crippen LogP contribution in [0.2, 0.25) is 0 Å². The zero-order chi connectivity index (χ0) is 11.5. The zero-order valence-electron chi connectivity index (χ0n) is 8.73. The van der Waals surface area contributed by atoms with Gasteiger partial charge in [-0.15, -0.1) is 11.3 Å². The molecule has 0 aliphatic heterocycles. The summed E-state index contributed by atoms with van der Waals surface area (Å²) in [4.78, 5) is 0.561. The lowest BCUT2D eigenvalue weighted by Gasteiger charge is -2.02. The summed E-state index contributed by atoms with van der Waals surface area (Å²) in [6, 6.07) is 9.68. The van der Waals surface area contributed by atoms with E-state index in [1.54, 1.807) is 7.11 Å². The lowest BCUT2D eigenvalue weighted by Crippen LogP contribution is -1.88. The molecule has 1 heterocycles. The minimum Gasteiger partial charge on any atom is -0.497 e. The molecule has 2 N–H and O–H groups in total. The van der Waals surface area contributed by atoms with E-state index in [1.165, 1.54) is 11.3 Å². The number of ether oxygens (including phenoxy) is 1. The molecule has 0 saturated heterocycles. The van der Waals surface area contributed by atoms with Crippen LogP contribution in [0.4, 0.5) is 5.69 Å². The van der Waals surface area contributed by atoms with Crippen molar-refractivity contribution in [1.82, 2.24) is 0 Å². The Balaban J connectivity index is 2.43. The van der Waals surface area contributed by atoms with E-state index in [1.807, 2.05) is 29.6 Å². The number of anilines is 1. The maximum Gasteiger partial charge on any atom is 0.128 e. The predicted molar refractivity (Wildman–Crippen MR) is 65.4 cm³/mol. The maximum absolute atomic E-state index is 8.82. The third kappa shape index (κ3) is 1.73. The van der Waals surface area contributed by atoms with Crippen LogP contribution in [0.3, 0.4) is 0 Å². The number of hydrogen-bond acceptors (Lipinski definition) is 4. The van der Waals surface area contributed by atoms with Gasteiger partial charge in [0.05, 0.1) is 12.8 Å². The average Bonchev–Trinajstić information content (AvgIpc) is 2.70. The summed E-state index contributed by atoms with van der Waals surface area (Å²) in [5.41, 5.74) is 8.33. The largest absolute Gasteiger partial charge is 0.497 e. The standard InChI is InChI=1S/C12H10N2OS/c1-15-9-4-2-8(3-5-9)10-7-16-11(6-13)12(10)14/h2-5,7H,14H2,1H3. The second-order valence-corrected chi connectivity index (χ2v) is 4.11. The maximum atomic E-state index is 8.82. The van der Waals surface area contributed by atoms with Gasteiger partial charge in [0.25, 0.3) is 0 Å². The minimum absolute atomic E-state index is 0.553. The van der Waals surface area contributed by atoms with Crippen molar-refractivity contribution in [3.63, 3.8) is 0 Å². The van der Waals surface area contributed by atoms with Gasteiger partial charge in [0.1, 0.15) is 16.7 Å². The van der Waals surface area contributed by atoms with Gasteiger partial charge in [-0.25, -0.2) is 0 Å². The van der Waals surface area contributed by atoms with Crippen LogP contribution in [0, 0.1) is 11.3 Å². The SMILES string of the molecule is COc1ccc(-c2csc(C#N)c2N)cc1. The summed E-state index contributed by atoms with van der Waals surface area (Å²) < 4.78 is 5.08. The number of rotatable bonds is 2. The van der Waals surface area contributed by atoms with Crippen molar-refractivity contribution in [3.8, 4) is 22.9 Å². The molecular weight excluding hydrogens is 220 g/mol. The molecule has 1 aromatic carbocycles. The van der Waals surface area contributed by atoms with E-state index in [0.29, 0.717) is 10.6 Å². The fourth-order valence-corrected chi connectivity index (χ4v) is 2.24. The predicted octanol–water partition coefficient (Wildman–Crippen LogP) is 2.88. The molecule has 0 radical (unpaired) electrons. The Bertz CT molecular complexity index is 537. The molecule has 2 aromatic rings. The van der Waals surface area contributed by atoms with Crippen molar-refractivity contribution in [2.45, 2.75) is 0 Å². The van der Waals surface area contributed by atoms with Gasteiger partial charge in [-0.1, -0.05) is 12.1 Å². The summed E-state index contributed by atoms with van der Waals surface area (Å²) in [7, 11) is 1.63. The van der Waals surface area contributed by atoms with Gasteiger partial charge in [-0.2, -0.15) is 5.26 Å². The van der Waals surface area contributed by atoms with Gasteiger partial charge in [0.15, 0.2) is 0 Å². The van der Waals surface area contributed by atoms with Crippen LogP contribution in [0.5, 0.6) is 5.75 Å². The third-order valence-corrected chi connectivity index (χ3v) is 3.23. The zero-order valence-corrected chi connectivity index (χ0v) is 9.54. The Labute approximate surface area is 97.7 Å². The number of hydrogen-bond donors (Lipinski definition) is 1. The number of nitrogen functional groups attached to an aromatic ring is 1. The highest BCUT2D eigenvalue weighted by Gasteiger charge is 2.09. The molecule has 0 atom stereocenters. The Hall–Kier alpha value is -1.99. The van der Waals surface area contributed by atoms with Crippen LogP contribution in [-0.2, 0) is 0 Å². The van der Waals surface area contributed by atoms with Gasteiger partial charge in [-0.05, 0) is 17.7 Å².